The second-order valence-corrected chi connectivity index (χ2v) is 3.68. The molecule has 2 aromatic heterocycles. The number of aromatic nitrogens is 3. The van der Waals surface area contributed by atoms with Gasteiger partial charge in [0.05, 0.1) is 5.69 Å². The molecule has 0 fully saturated rings. The van der Waals surface area contributed by atoms with Crippen molar-refractivity contribution in [3.05, 3.63) is 42.3 Å². The van der Waals surface area contributed by atoms with Gasteiger partial charge in [0.1, 0.15) is 11.5 Å². The van der Waals surface area contributed by atoms with Crippen molar-refractivity contribution in [2.24, 2.45) is 0 Å². The van der Waals surface area contributed by atoms with Crippen LogP contribution in [0.25, 0.3) is 22.3 Å². The molecule has 0 spiro atoms. The van der Waals surface area contributed by atoms with Crippen LogP contribution in [0, 0.1) is 5.82 Å². The Morgan fingerprint density at radius 3 is 2.59 bits per heavy atom. The van der Waals surface area contributed by atoms with Gasteiger partial charge in [-0.2, -0.15) is 4.98 Å². The molecular weight excluding hydrogens is 219 g/mol. The predicted molar refractivity (Wildman–Crippen MR) is 63.7 cm³/mol. The van der Waals surface area contributed by atoms with E-state index in [9.17, 15) is 4.39 Å². The maximum Gasteiger partial charge on any atom is 0.222 e. The lowest BCUT2D eigenvalue weighted by Crippen LogP contribution is -1.97. The highest BCUT2D eigenvalue weighted by Gasteiger charge is 2.09. The number of hydrogen-bond donors (Lipinski definition) is 2. The summed E-state index contributed by atoms with van der Waals surface area (Å²) >= 11 is 0. The molecule has 3 N–H and O–H groups in total. The molecule has 0 unspecified atom stereocenters. The van der Waals surface area contributed by atoms with Crippen LogP contribution in [-0.2, 0) is 0 Å². The first-order chi connectivity index (χ1) is 8.24. The van der Waals surface area contributed by atoms with Crippen molar-refractivity contribution >= 4 is 17.0 Å². The largest absolute Gasteiger partial charge is 0.368 e. The van der Waals surface area contributed by atoms with Gasteiger partial charge in [-0.3, -0.25) is 0 Å². The van der Waals surface area contributed by atoms with Crippen LogP contribution in [0.15, 0.2) is 36.5 Å². The van der Waals surface area contributed by atoms with Crippen molar-refractivity contribution in [2.75, 3.05) is 5.73 Å². The summed E-state index contributed by atoms with van der Waals surface area (Å²) in [7, 11) is 0. The summed E-state index contributed by atoms with van der Waals surface area (Å²) in [5.74, 6) is -0.0830. The third-order valence-corrected chi connectivity index (χ3v) is 2.55. The molecule has 0 saturated carbocycles. The number of aromatic amines is 1. The molecule has 0 aliphatic rings. The normalized spacial score (nSPS) is 10.9. The first-order valence-corrected chi connectivity index (χ1v) is 5.10. The van der Waals surface area contributed by atoms with E-state index in [0.29, 0.717) is 11.3 Å². The van der Waals surface area contributed by atoms with Gasteiger partial charge in [0.15, 0.2) is 0 Å². The number of nitrogen functional groups attached to an aromatic ring is 1. The van der Waals surface area contributed by atoms with Crippen LogP contribution in [-0.4, -0.2) is 15.0 Å². The van der Waals surface area contributed by atoms with E-state index in [1.54, 1.807) is 18.3 Å². The van der Waals surface area contributed by atoms with Crippen molar-refractivity contribution in [3.8, 4) is 11.3 Å². The van der Waals surface area contributed by atoms with Crippen LogP contribution in [0.3, 0.4) is 0 Å². The van der Waals surface area contributed by atoms with Crippen molar-refractivity contribution < 1.29 is 4.39 Å². The lowest BCUT2D eigenvalue weighted by molar-refractivity contribution is 0.628. The van der Waals surface area contributed by atoms with E-state index in [0.717, 1.165) is 10.9 Å². The van der Waals surface area contributed by atoms with Crippen LogP contribution in [0.5, 0.6) is 0 Å². The molecule has 0 atom stereocenters. The van der Waals surface area contributed by atoms with Gasteiger partial charge in [0.25, 0.3) is 0 Å². The number of H-pyrrole nitrogens is 1. The summed E-state index contributed by atoms with van der Waals surface area (Å²) < 4.78 is 12.9. The lowest BCUT2D eigenvalue weighted by Gasteiger charge is -2.03. The molecule has 17 heavy (non-hydrogen) atoms. The molecule has 0 amide bonds. The standard InChI is InChI=1S/C12H9FN4/c13-8-3-1-7(2-4-8)10-9-5-6-15-11(9)17-12(14)16-10/h1-6H,(H3,14,15,16,17). The van der Waals surface area contributed by atoms with Crippen molar-refractivity contribution in [1.82, 2.24) is 15.0 Å². The van der Waals surface area contributed by atoms with Gasteiger partial charge in [-0.05, 0) is 30.3 Å². The second kappa shape index (κ2) is 3.55. The Morgan fingerprint density at radius 2 is 1.82 bits per heavy atom. The molecule has 0 bridgehead atoms. The quantitative estimate of drug-likeness (QED) is 0.671. The highest BCUT2D eigenvalue weighted by molar-refractivity contribution is 5.91. The van der Waals surface area contributed by atoms with Crippen LogP contribution in [0.1, 0.15) is 0 Å². The molecular formula is C12H9FN4. The van der Waals surface area contributed by atoms with Gasteiger partial charge in [-0.15, -0.1) is 0 Å². The number of hydrogen-bond acceptors (Lipinski definition) is 3. The van der Waals surface area contributed by atoms with Crippen molar-refractivity contribution in [1.29, 1.82) is 0 Å². The molecule has 1 aromatic carbocycles. The Balaban J connectivity index is 2.28. The smallest absolute Gasteiger partial charge is 0.222 e. The summed E-state index contributed by atoms with van der Waals surface area (Å²) in [5, 5.41) is 0.866. The molecule has 3 aromatic rings. The number of rotatable bonds is 1. The minimum absolute atomic E-state index is 0.194. The molecule has 0 aliphatic heterocycles. The van der Waals surface area contributed by atoms with Gasteiger partial charge >= 0.3 is 0 Å². The molecule has 84 valence electrons. The zero-order chi connectivity index (χ0) is 11.8. The van der Waals surface area contributed by atoms with E-state index < -0.39 is 0 Å². The van der Waals surface area contributed by atoms with Crippen LogP contribution in [0.2, 0.25) is 0 Å². The summed E-state index contributed by atoms with van der Waals surface area (Å²) in [6.45, 7) is 0. The van der Waals surface area contributed by atoms with E-state index >= 15 is 0 Å². The zero-order valence-electron chi connectivity index (χ0n) is 8.81. The summed E-state index contributed by atoms with van der Waals surface area (Å²) in [4.78, 5) is 11.3. The summed E-state index contributed by atoms with van der Waals surface area (Å²) in [6.07, 6.45) is 1.77. The Labute approximate surface area is 96.3 Å². The average Bonchev–Trinajstić information content (AvgIpc) is 2.77. The maximum absolute atomic E-state index is 12.9. The van der Waals surface area contributed by atoms with Crippen molar-refractivity contribution in [2.45, 2.75) is 0 Å². The Morgan fingerprint density at radius 1 is 1.06 bits per heavy atom. The van der Waals surface area contributed by atoms with E-state index in [-0.39, 0.29) is 11.8 Å². The van der Waals surface area contributed by atoms with Crippen molar-refractivity contribution in [3.63, 3.8) is 0 Å². The summed E-state index contributed by atoms with van der Waals surface area (Å²) in [5.41, 5.74) is 7.83. The van der Waals surface area contributed by atoms with E-state index in [2.05, 4.69) is 15.0 Å². The summed E-state index contributed by atoms with van der Waals surface area (Å²) in [6, 6.07) is 8.00. The van der Waals surface area contributed by atoms with Gasteiger partial charge in [0.2, 0.25) is 5.95 Å². The number of nitrogens with one attached hydrogen (secondary N) is 1. The average molecular weight is 228 g/mol. The van der Waals surface area contributed by atoms with Gasteiger partial charge in [-0.25, -0.2) is 9.37 Å². The lowest BCUT2D eigenvalue weighted by atomic mass is 10.1. The van der Waals surface area contributed by atoms with Crippen LogP contribution >= 0.6 is 0 Å². The van der Waals surface area contributed by atoms with E-state index in [4.69, 9.17) is 5.73 Å². The van der Waals surface area contributed by atoms with Gasteiger partial charge < -0.3 is 10.7 Å². The first-order valence-electron chi connectivity index (χ1n) is 5.10. The minimum Gasteiger partial charge on any atom is -0.368 e. The second-order valence-electron chi connectivity index (χ2n) is 3.68. The van der Waals surface area contributed by atoms with E-state index in [1.807, 2.05) is 6.07 Å². The Kier molecular flexibility index (Phi) is 2.04. The SMILES string of the molecule is Nc1nc(-c2ccc(F)cc2)c2cc[nH]c2n1. The fourth-order valence-electron chi connectivity index (χ4n) is 1.79. The van der Waals surface area contributed by atoms with Gasteiger partial charge in [-0.1, -0.05) is 0 Å². The minimum atomic E-state index is -0.277. The number of nitrogens with zero attached hydrogens (tertiary/aromatic N) is 2. The highest BCUT2D eigenvalue weighted by Crippen LogP contribution is 2.26. The third kappa shape index (κ3) is 1.61. The Bertz CT molecular complexity index is 673. The third-order valence-electron chi connectivity index (χ3n) is 2.55. The van der Waals surface area contributed by atoms with Crippen LogP contribution < -0.4 is 5.73 Å². The fourth-order valence-corrected chi connectivity index (χ4v) is 1.79. The molecule has 0 radical (unpaired) electrons. The monoisotopic (exact) mass is 228 g/mol. The highest BCUT2D eigenvalue weighted by atomic mass is 19.1. The zero-order valence-corrected chi connectivity index (χ0v) is 8.81. The van der Waals surface area contributed by atoms with Crippen LogP contribution in [0.4, 0.5) is 10.3 Å². The number of fused-ring (bicyclic) bond motifs is 1. The molecule has 0 saturated heterocycles. The molecule has 3 rings (SSSR count). The van der Waals surface area contributed by atoms with E-state index in [1.165, 1.54) is 12.1 Å². The molecule has 2 heterocycles. The molecule has 0 aliphatic carbocycles. The number of halogens is 1. The number of benzene rings is 1. The topological polar surface area (TPSA) is 67.6 Å². The molecule has 5 heteroatoms. The predicted octanol–water partition coefficient (Wildman–Crippen LogP) is 2.35. The number of nitrogens with two attached hydrogens (primary N) is 1. The maximum atomic E-state index is 12.9. The van der Waals surface area contributed by atoms with Gasteiger partial charge in [0, 0.05) is 17.1 Å². The molecule has 4 nitrogen and oxygen atoms in total. The number of anilines is 1. The Hall–Kier alpha value is -2.43. The first kappa shape index (κ1) is 9.77. The fraction of sp³-hybridized carbons (Fsp3) is 0.